The summed E-state index contributed by atoms with van der Waals surface area (Å²) in [6.07, 6.45) is 0.0485. The van der Waals surface area contributed by atoms with Crippen LogP contribution < -0.4 is 4.72 Å². The molecule has 0 aliphatic heterocycles. The second kappa shape index (κ2) is 7.84. The van der Waals surface area contributed by atoms with E-state index in [1.807, 2.05) is 0 Å². The molecule has 0 bridgehead atoms. The quantitative estimate of drug-likeness (QED) is 0.831. The Kier molecular flexibility index (Phi) is 6.02. The van der Waals surface area contributed by atoms with E-state index in [1.165, 1.54) is 29.2 Å². The van der Waals surface area contributed by atoms with Crippen LogP contribution >= 0.6 is 11.6 Å². The normalized spacial score (nSPS) is 11.2. The van der Waals surface area contributed by atoms with Crippen LogP contribution in [0, 0.1) is 5.82 Å². The number of halogens is 2. The third-order valence-electron chi connectivity index (χ3n) is 3.48. The van der Waals surface area contributed by atoms with Crippen molar-refractivity contribution in [3.63, 3.8) is 0 Å². The summed E-state index contributed by atoms with van der Waals surface area (Å²) in [5, 5.41) is 0.146. The minimum atomic E-state index is -3.69. The van der Waals surface area contributed by atoms with Gasteiger partial charge >= 0.3 is 0 Å². The van der Waals surface area contributed by atoms with Crippen LogP contribution in [0.25, 0.3) is 0 Å². The Balaban J connectivity index is 2.09. The summed E-state index contributed by atoms with van der Waals surface area (Å²) in [4.78, 5) is 13.3. The lowest BCUT2D eigenvalue weighted by atomic mass is 10.2. The monoisotopic (exact) mass is 384 g/mol. The smallest absolute Gasteiger partial charge is 0.254 e. The van der Waals surface area contributed by atoms with Gasteiger partial charge in [-0.15, -0.1) is 0 Å². The molecular weight excluding hydrogens is 367 g/mol. The van der Waals surface area contributed by atoms with Crippen LogP contribution in [0.5, 0.6) is 0 Å². The SMILES string of the molecule is CN(C)C(=O)c1ccc(NS(=O)(=O)CCc2ccccc2F)cc1Cl. The Morgan fingerprint density at radius 2 is 1.88 bits per heavy atom. The molecule has 134 valence electrons. The average Bonchev–Trinajstić information content (AvgIpc) is 2.53. The van der Waals surface area contributed by atoms with E-state index in [0.29, 0.717) is 5.56 Å². The average molecular weight is 385 g/mol. The number of hydrogen-bond acceptors (Lipinski definition) is 3. The molecular formula is C17H18ClFN2O3S. The molecule has 0 aliphatic rings. The first kappa shape index (κ1) is 19.2. The lowest BCUT2D eigenvalue weighted by molar-refractivity contribution is 0.0828. The van der Waals surface area contributed by atoms with E-state index in [1.54, 1.807) is 32.3 Å². The van der Waals surface area contributed by atoms with Gasteiger partial charge in [-0.1, -0.05) is 29.8 Å². The van der Waals surface area contributed by atoms with Gasteiger partial charge in [-0.2, -0.15) is 0 Å². The Morgan fingerprint density at radius 3 is 2.48 bits per heavy atom. The number of nitrogens with one attached hydrogen (secondary N) is 1. The molecule has 1 amide bonds. The Morgan fingerprint density at radius 1 is 1.20 bits per heavy atom. The lowest BCUT2D eigenvalue weighted by Gasteiger charge is -2.13. The highest BCUT2D eigenvalue weighted by Gasteiger charge is 2.16. The van der Waals surface area contributed by atoms with Gasteiger partial charge in [0.2, 0.25) is 10.0 Å². The highest BCUT2D eigenvalue weighted by atomic mass is 35.5. The predicted molar refractivity (Wildman–Crippen MR) is 97.0 cm³/mol. The highest BCUT2D eigenvalue weighted by Crippen LogP contribution is 2.23. The van der Waals surface area contributed by atoms with Gasteiger partial charge in [-0.25, -0.2) is 12.8 Å². The Labute approximate surface area is 151 Å². The number of amides is 1. The van der Waals surface area contributed by atoms with Crippen molar-refractivity contribution in [1.29, 1.82) is 0 Å². The second-order valence-corrected chi connectivity index (χ2v) is 7.91. The van der Waals surface area contributed by atoms with E-state index in [0.717, 1.165) is 0 Å². The zero-order valence-corrected chi connectivity index (χ0v) is 15.4. The third-order valence-corrected chi connectivity index (χ3v) is 5.08. The van der Waals surface area contributed by atoms with Gasteiger partial charge in [0.15, 0.2) is 0 Å². The molecule has 0 aliphatic carbocycles. The van der Waals surface area contributed by atoms with Crippen molar-refractivity contribution in [2.45, 2.75) is 6.42 Å². The number of benzene rings is 2. The fourth-order valence-electron chi connectivity index (χ4n) is 2.17. The van der Waals surface area contributed by atoms with Crippen molar-refractivity contribution in [1.82, 2.24) is 4.90 Å². The van der Waals surface area contributed by atoms with Crippen LogP contribution in [0.4, 0.5) is 10.1 Å². The molecule has 2 aromatic rings. The molecule has 1 N–H and O–H groups in total. The van der Waals surface area contributed by atoms with Gasteiger partial charge in [0.05, 0.1) is 16.3 Å². The molecule has 0 saturated heterocycles. The number of nitrogens with zero attached hydrogens (tertiary/aromatic N) is 1. The van der Waals surface area contributed by atoms with Crippen LogP contribution in [0.1, 0.15) is 15.9 Å². The van der Waals surface area contributed by atoms with Gasteiger partial charge < -0.3 is 4.90 Å². The summed E-state index contributed by atoms with van der Waals surface area (Å²) in [6.45, 7) is 0. The van der Waals surface area contributed by atoms with Gasteiger partial charge in [0.25, 0.3) is 5.91 Å². The first-order valence-electron chi connectivity index (χ1n) is 7.45. The molecule has 0 spiro atoms. The molecule has 0 aromatic heterocycles. The van der Waals surface area contributed by atoms with Crippen molar-refractivity contribution in [3.05, 3.63) is 64.4 Å². The molecule has 0 atom stereocenters. The summed E-state index contributed by atoms with van der Waals surface area (Å²) in [7, 11) is -0.496. The first-order chi connectivity index (χ1) is 11.7. The largest absolute Gasteiger partial charge is 0.345 e. The summed E-state index contributed by atoms with van der Waals surface area (Å²) in [6, 6.07) is 10.3. The van der Waals surface area contributed by atoms with Crippen LogP contribution in [0.3, 0.4) is 0 Å². The Bertz CT molecular complexity index is 885. The number of carbonyl (C=O) groups is 1. The molecule has 2 rings (SSSR count). The molecule has 0 heterocycles. The number of hydrogen-bond donors (Lipinski definition) is 1. The summed E-state index contributed by atoms with van der Waals surface area (Å²) < 4.78 is 40.3. The molecule has 0 unspecified atom stereocenters. The number of carbonyl (C=O) groups excluding carboxylic acids is 1. The van der Waals surface area contributed by atoms with E-state index in [2.05, 4.69) is 4.72 Å². The molecule has 0 saturated carbocycles. The molecule has 5 nitrogen and oxygen atoms in total. The Hall–Kier alpha value is -2.12. The second-order valence-electron chi connectivity index (χ2n) is 5.66. The maximum Gasteiger partial charge on any atom is 0.254 e. The lowest BCUT2D eigenvalue weighted by Crippen LogP contribution is -2.22. The molecule has 2 aromatic carbocycles. The highest BCUT2D eigenvalue weighted by molar-refractivity contribution is 7.92. The number of anilines is 1. The minimum absolute atomic E-state index is 0.0485. The van der Waals surface area contributed by atoms with Crippen LogP contribution in [0.15, 0.2) is 42.5 Å². The van der Waals surface area contributed by atoms with Crippen LogP contribution in [-0.2, 0) is 16.4 Å². The van der Waals surface area contributed by atoms with Crippen molar-refractivity contribution < 1.29 is 17.6 Å². The standard InChI is InChI=1S/C17H18ClFN2O3S/c1-21(2)17(22)14-8-7-13(11-15(14)18)20-25(23,24)10-9-12-5-3-4-6-16(12)19/h3-8,11,20H,9-10H2,1-2H3. The fraction of sp³-hybridized carbons (Fsp3) is 0.235. The first-order valence-corrected chi connectivity index (χ1v) is 9.48. The summed E-state index contributed by atoms with van der Waals surface area (Å²) >= 11 is 6.06. The van der Waals surface area contributed by atoms with Gasteiger partial charge in [0, 0.05) is 19.8 Å². The molecule has 0 radical (unpaired) electrons. The van der Waals surface area contributed by atoms with Gasteiger partial charge in [-0.05, 0) is 36.2 Å². The minimum Gasteiger partial charge on any atom is -0.345 e. The number of aryl methyl sites for hydroxylation is 1. The van der Waals surface area contributed by atoms with E-state index in [4.69, 9.17) is 11.6 Å². The molecule has 8 heteroatoms. The summed E-state index contributed by atoms with van der Waals surface area (Å²) in [5.74, 6) is -0.990. The zero-order chi connectivity index (χ0) is 18.6. The van der Waals surface area contributed by atoms with Crippen LogP contribution in [0.2, 0.25) is 5.02 Å². The number of rotatable bonds is 6. The maximum absolute atomic E-state index is 13.6. The van der Waals surface area contributed by atoms with Crippen molar-refractivity contribution in [3.8, 4) is 0 Å². The van der Waals surface area contributed by atoms with E-state index in [-0.39, 0.29) is 34.4 Å². The predicted octanol–water partition coefficient (Wildman–Crippen LogP) is 3.17. The number of sulfonamides is 1. The van der Waals surface area contributed by atoms with Crippen molar-refractivity contribution in [2.75, 3.05) is 24.6 Å². The topological polar surface area (TPSA) is 66.5 Å². The third kappa shape index (κ3) is 5.17. The fourth-order valence-corrected chi connectivity index (χ4v) is 3.51. The van der Waals surface area contributed by atoms with Crippen molar-refractivity contribution >= 4 is 33.2 Å². The zero-order valence-electron chi connectivity index (χ0n) is 13.8. The van der Waals surface area contributed by atoms with E-state index in [9.17, 15) is 17.6 Å². The van der Waals surface area contributed by atoms with E-state index < -0.39 is 15.8 Å². The van der Waals surface area contributed by atoms with Crippen molar-refractivity contribution in [2.24, 2.45) is 0 Å². The summed E-state index contributed by atoms with van der Waals surface area (Å²) in [5.41, 5.74) is 0.854. The van der Waals surface area contributed by atoms with Gasteiger partial charge in [0.1, 0.15) is 5.82 Å². The van der Waals surface area contributed by atoms with Gasteiger partial charge in [-0.3, -0.25) is 9.52 Å². The van der Waals surface area contributed by atoms with E-state index >= 15 is 0 Å². The van der Waals surface area contributed by atoms with Crippen LogP contribution in [-0.4, -0.2) is 39.1 Å². The maximum atomic E-state index is 13.6. The molecule has 0 fully saturated rings. The molecule has 25 heavy (non-hydrogen) atoms.